The van der Waals surface area contributed by atoms with Crippen molar-refractivity contribution in [3.8, 4) is 0 Å². The van der Waals surface area contributed by atoms with Crippen LogP contribution in [0.15, 0.2) is 30.3 Å². The average molecular weight is 336 g/mol. The van der Waals surface area contributed by atoms with Crippen LogP contribution in [0.2, 0.25) is 0 Å². The monoisotopic (exact) mass is 336 g/mol. The van der Waals surface area contributed by atoms with Gasteiger partial charge in [-0.05, 0) is 26.3 Å². The van der Waals surface area contributed by atoms with E-state index in [0.717, 1.165) is 5.56 Å². The third-order valence-electron chi connectivity index (χ3n) is 3.49. The van der Waals surface area contributed by atoms with Gasteiger partial charge in [0.05, 0.1) is 11.9 Å². The molecule has 0 aromatic heterocycles. The molecule has 1 aliphatic rings. The van der Waals surface area contributed by atoms with Gasteiger partial charge < -0.3 is 15.4 Å². The SMILES string of the molecule is CC(C)(C)OC(=O)[C@@H]1CSC(Cc2ccccc2)N1C(=O)CN. The molecular formula is C17H24N2O3S. The molecule has 1 fully saturated rings. The maximum Gasteiger partial charge on any atom is 0.330 e. The smallest absolute Gasteiger partial charge is 0.330 e. The standard InChI is InChI=1S/C17H24N2O3S/c1-17(2,3)22-16(21)13-11-23-15(19(13)14(20)10-18)9-12-7-5-4-6-8-12/h4-8,13,15H,9-11,18H2,1-3H3/t13-,15?/m0/s1. The van der Waals surface area contributed by atoms with Crippen molar-refractivity contribution in [2.45, 2.75) is 44.2 Å². The Morgan fingerprint density at radius 3 is 2.52 bits per heavy atom. The number of carbonyl (C=O) groups excluding carboxylic acids is 2. The highest BCUT2D eigenvalue weighted by atomic mass is 32.2. The molecular weight excluding hydrogens is 312 g/mol. The number of hydrogen-bond acceptors (Lipinski definition) is 5. The molecule has 1 aliphatic heterocycles. The van der Waals surface area contributed by atoms with Crippen LogP contribution < -0.4 is 5.73 Å². The minimum atomic E-state index is -0.573. The predicted molar refractivity (Wildman–Crippen MR) is 91.9 cm³/mol. The maximum atomic E-state index is 12.4. The first-order valence-electron chi connectivity index (χ1n) is 7.71. The molecule has 2 N–H and O–H groups in total. The van der Waals surface area contributed by atoms with Crippen LogP contribution in [0.1, 0.15) is 26.3 Å². The van der Waals surface area contributed by atoms with Crippen molar-refractivity contribution in [2.75, 3.05) is 12.3 Å². The van der Waals surface area contributed by atoms with E-state index in [4.69, 9.17) is 10.5 Å². The van der Waals surface area contributed by atoms with Crippen molar-refractivity contribution < 1.29 is 14.3 Å². The molecule has 1 heterocycles. The molecule has 2 rings (SSSR count). The first kappa shape index (κ1) is 17.8. The summed E-state index contributed by atoms with van der Waals surface area (Å²) < 4.78 is 5.46. The largest absolute Gasteiger partial charge is 0.458 e. The molecule has 1 aromatic carbocycles. The lowest BCUT2D eigenvalue weighted by atomic mass is 10.1. The molecule has 6 heteroatoms. The van der Waals surface area contributed by atoms with Gasteiger partial charge in [0.1, 0.15) is 11.6 Å². The summed E-state index contributed by atoms with van der Waals surface area (Å²) in [4.78, 5) is 26.3. The van der Waals surface area contributed by atoms with Gasteiger partial charge in [0.2, 0.25) is 5.91 Å². The van der Waals surface area contributed by atoms with Crippen LogP contribution in [-0.2, 0) is 20.7 Å². The highest BCUT2D eigenvalue weighted by Gasteiger charge is 2.42. The number of benzene rings is 1. The lowest BCUT2D eigenvalue weighted by molar-refractivity contribution is -0.163. The third-order valence-corrected chi connectivity index (χ3v) is 4.77. The number of thioether (sulfide) groups is 1. The van der Waals surface area contributed by atoms with Crippen LogP contribution in [0.4, 0.5) is 0 Å². The van der Waals surface area contributed by atoms with Gasteiger partial charge in [0.25, 0.3) is 0 Å². The van der Waals surface area contributed by atoms with E-state index in [0.29, 0.717) is 12.2 Å². The molecule has 5 nitrogen and oxygen atoms in total. The minimum absolute atomic E-state index is 0.0917. The Morgan fingerprint density at radius 2 is 1.96 bits per heavy atom. The van der Waals surface area contributed by atoms with Gasteiger partial charge in [-0.25, -0.2) is 4.79 Å². The summed E-state index contributed by atoms with van der Waals surface area (Å²) in [7, 11) is 0. The Kier molecular flexibility index (Phi) is 5.70. The summed E-state index contributed by atoms with van der Waals surface area (Å²) in [6.45, 7) is 5.36. The van der Waals surface area contributed by atoms with Crippen LogP contribution in [0.3, 0.4) is 0 Å². The van der Waals surface area contributed by atoms with Crippen LogP contribution in [0.25, 0.3) is 0 Å². The van der Waals surface area contributed by atoms with E-state index >= 15 is 0 Å². The fourth-order valence-corrected chi connectivity index (χ4v) is 3.96. The summed E-state index contributed by atoms with van der Waals surface area (Å²) in [5, 5.41) is -0.0917. The molecule has 0 radical (unpaired) electrons. The van der Waals surface area contributed by atoms with E-state index < -0.39 is 11.6 Å². The van der Waals surface area contributed by atoms with Crippen LogP contribution in [0, 0.1) is 0 Å². The zero-order valence-corrected chi connectivity index (χ0v) is 14.6. The van der Waals surface area contributed by atoms with Gasteiger partial charge in [0.15, 0.2) is 0 Å². The van der Waals surface area contributed by atoms with Gasteiger partial charge >= 0.3 is 5.97 Å². The third kappa shape index (κ3) is 4.72. The topological polar surface area (TPSA) is 72.6 Å². The van der Waals surface area contributed by atoms with E-state index in [9.17, 15) is 9.59 Å². The van der Waals surface area contributed by atoms with Crippen molar-refractivity contribution in [1.82, 2.24) is 4.90 Å². The Hall–Kier alpha value is -1.53. The van der Waals surface area contributed by atoms with Gasteiger partial charge in [-0.1, -0.05) is 30.3 Å². The molecule has 0 saturated carbocycles. The van der Waals surface area contributed by atoms with Crippen molar-refractivity contribution in [3.05, 3.63) is 35.9 Å². The number of nitrogens with two attached hydrogens (primary N) is 1. The Balaban J connectivity index is 2.15. The maximum absolute atomic E-state index is 12.4. The summed E-state index contributed by atoms with van der Waals surface area (Å²) >= 11 is 1.60. The minimum Gasteiger partial charge on any atom is -0.458 e. The zero-order chi connectivity index (χ0) is 17.0. The molecule has 23 heavy (non-hydrogen) atoms. The van der Waals surface area contributed by atoms with E-state index in [1.807, 2.05) is 51.1 Å². The quantitative estimate of drug-likeness (QED) is 0.849. The highest BCUT2D eigenvalue weighted by Crippen LogP contribution is 2.32. The second-order valence-electron chi connectivity index (χ2n) is 6.53. The van der Waals surface area contributed by atoms with Crippen LogP contribution in [0.5, 0.6) is 0 Å². The summed E-state index contributed by atoms with van der Waals surface area (Å²) in [6.07, 6.45) is 0.691. The number of ether oxygens (including phenoxy) is 1. The Morgan fingerprint density at radius 1 is 1.30 bits per heavy atom. The van der Waals surface area contributed by atoms with Gasteiger partial charge in [0, 0.05) is 12.2 Å². The van der Waals surface area contributed by atoms with E-state index in [1.54, 1.807) is 16.7 Å². The van der Waals surface area contributed by atoms with E-state index in [-0.39, 0.29) is 23.8 Å². The second-order valence-corrected chi connectivity index (χ2v) is 7.74. The molecule has 1 saturated heterocycles. The number of hydrogen-bond donors (Lipinski definition) is 1. The predicted octanol–water partition coefficient (Wildman–Crippen LogP) is 1.80. The molecule has 126 valence electrons. The Labute approximate surface area is 141 Å². The van der Waals surface area contributed by atoms with Gasteiger partial charge in [-0.2, -0.15) is 0 Å². The van der Waals surface area contributed by atoms with Crippen molar-refractivity contribution in [2.24, 2.45) is 5.73 Å². The first-order chi connectivity index (χ1) is 10.8. The molecule has 2 atom stereocenters. The Bertz CT molecular complexity index is 557. The van der Waals surface area contributed by atoms with Crippen molar-refractivity contribution in [1.29, 1.82) is 0 Å². The first-order valence-corrected chi connectivity index (χ1v) is 8.76. The number of esters is 1. The molecule has 0 spiro atoms. The fraction of sp³-hybridized carbons (Fsp3) is 0.529. The molecule has 1 aromatic rings. The van der Waals surface area contributed by atoms with Crippen molar-refractivity contribution in [3.63, 3.8) is 0 Å². The number of carbonyl (C=O) groups is 2. The fourth-order valence-electron chi connectivity index (χ4n) is 2.53. The van der Waals surface area contributed by atoms with Crippen LogP contribution in [-0.4, -0.2) is 46.1 Å². The van der Waals surface area contributed by atoms with Crippen LogP contribution >= 0.6 is 11.8 Å². The van der Waals surface area contributed by atoms with Gasteiger partial charge in [-0.15, -0.1) is 11.8 Å². The molecule has 0 aliphatic carbocycles. The summed E-state index contributed by atoms with van der Waals surface area (Å²) in [6, 6.07) is 9.37. The second kappa shape index (κ2) is 7.36. The molecule has 1 unspecified atom stereocenters. The zero-order valence-electron chi connectivity index (χ0n) is 13.8. The van der Waals surface area contributed by atoms with E-state index in [2.05, 4.69) is 0 Å². The molecule has 1 amide bonds. The van der Waals surface area contributed by atoms with Gasteiger partial charge in [-0.3, -0.25) is 4.79 Å². The lowest BCUT2D eigenvalue weighted by Gasteiger charge is -2.30. The number of rotatable bonds is 4. The summed E-state index contributed by atoms with van der Waals surface area (Å²) in [5.41, 5.74) is 6.10. The molecule has 0 bridgehead atoms. The number of nitrogens with zero attached hydrogens (tertiary/aromatic N) is 1. The van der Waals surface area contributed by atoms with Crippen molar-refractivity contribution >= 4 is 23.6 Å². The van der Waals surface area contributed by atoms with E-state index in [1.165, 1.54) is 0 Å². The normalized spacial score (nSPS) is 21.3. The number of amides is 1. The average Bonchev–Trinajstić information content (AvgIpc) is 2.89. The highest BCUT2D eigenvalue weighted by molar-refractivity contribution is 8.00. The lowest BCUT2D eigenvalue weighted by Crippen LogP contribution is -2.50. The summed E-state index contributed by atoms with van der Waals surface area (Å²) in [5.74, 6) is -0.0350.